The van der Waals surface area contributed by atoms with Crippen LogP contribution >= 0.6 is 10.7 Å². The molecule has 0 atom stereocenters. The van der Waals surface area contributed by atoms with Crippen molar-refractivity contribution in [3.63, 3.8) is 0 Å². The van der Waals surface area contributed by atoms with Crippen molar-refractivity contribution in [2.45, 2.75) is 62.9 Å². The molecular weight excluding hydrogens is 296 g/mol. The lowest BCUT2D eigenvalue weighted by Crippen LogP contribution is -2.18. The SMILES string of the molecule is CC(C)(C)c1cc(S(=O)(=O)Cl)ccc1OC1CCCC1. The molecule has 1 aromatic rings. The van der Waals surface area contributed by atoms with Crippen LogP contribution in [0.2, 0.25) is 0 Å². The molecule has 1 aromatic carbocycles. The Hall–Kier alpha value is -0.740. The van der Waals surface area contributed by atoms with Gasteiger partial charge in [0.2, 0.25) is 0 Å². The minimum atomic E-state index is -3.71. The highest BCUT2D eigenvalue weighted by molar-refractivity contribution is 8.13. The predicted molar refractivity (Wildman–Crippen MR) is 81.1 cm³/mol. The Morgan fingerprint density at radius 3 is 2.30 bits per heavy atom. The maximum Gasteiger partial charge on any atom is 0.261 e. The summed E-state index contributed by atoms with van der Waals surface area (Å²) in [5.74, 6) is 0.772. The molecule has 0 N–H and O–H groups in total. The highest BCUT2D eigenvalue weighted by atomic mass is 35.7. The fourth-order valence-electron chi connectivity index (χ4n) is 2.54. The Labute approximate surface area is 125 Å². The van der Waals surface area contributed by atoms with Gasteiger partial charge >= 0.3 is 0 Å². The minimum Gasteiger partial charge on any atom is -0.490 e. The summed E-state index contributed by atoms with van der Waals surface area (Å²) in [7, 11) is 1.72. The Balaban J connectivity index is 2.40. The van der Waals surface area contributed by atoms with E-state index in [1.54, 1.807) is 12.1 Å². The average Bonchev–Trinajstić information content (AvgIpc) is 2.79. The highest BCUT2D eigenvalue weighted by Gasteiger charge is 2.25. The normalized spacial score (nSPS) is 17.4. The van der Waals surface area contributed by atoms with E-state index in [9.17, 15) is 8.42 Å². The molecule has 1 aliphatic rings. The van der Waals surface area contributed by atoms with Crippen LogP contribution < -0.4 is 4.74 Å². The number of halogens is 1. The molecule has 20 heavy (non-hydrogen) atoms. The molecule has 0 amide bonds. The summed E-state index contributed by atoms with van der Waals surface area (Å²) in [5.41, 5.74) is 0.678. The van der Waals surface area contributed by atoms with Gasteiger partial charge in [-0.05, 0) is 49.3 Å². The van der Waals surface area contributed by atoms with Crippen LogP contribution in [0.3, 0.4) is 0 Å². The summed E-state index contributed by atoms with van der Waals surface area (Å²) in [6.45, 7) is 6.11. The second kappa shape index (κ2) is 5.57. The molecule has 0 aromatic heterocycles. The lowest BCUT2D eigenvalue weighted by molar-refractivity contribution is 0.205. The minimum absolute atomic E-state index is 0.128. The number of rotatable bonds is 3. The van der Waals surface area contributed by atoms with Gasteiger partial charge in [-0.1, -0.05) is 20.8 Å². The maximum absolute atomic E-state index is 11.5. The zero-order valence-electron chi connectivity index (χ0n) is 12.1. The zero-order chi connectivity index (χ0) is 15.0. The van der Waals surface area contributed by atoms with Crippen LogP contribution in [-0.4, -0.2) is 14.5 Å². The van der Waals surface area contributed by atoms with Gasteiger partial charge in [-0.3, -0.25) is 0 Å². The fourth-order valence-corrected chi connectivity index (χ4v) is 3.31. The summed E-state index contributed by atoms with van der Waals surface area (Å²) in [6, 6.07) is 4.88. The molecule has 5 heteroatoms. The largest absolute Gasteiger partial charge is 0.490 e. The molecule has 0 bridgehead atoms. The number of hydrogen-bond donors (Lipinski definition) is 0. The Morgan fingerprint density at radius 2 is 1.80 bits per heavy atom. The van der Waals surface area contributed by atoms with Crippen molar-refractivity contribution in [3.8, 4) is 5.75 Å². The van der Waals surface area contributed by atoms with E-state index in [0.29, 0.717) is 0 Å². The molecule has 3 nitrogen and oxygen atoms in total. The number of hydrogen-bond acceptors (Lipinski definition) is 3. The van der Waals surface area contributed by atoms with E-state index in [0.717, 1.165) is 24.2 Å². The van der Waals surface area contributed by atoms with Crippen molar-refractivity contribution >= 4 is 19.7 Å². The van der Waals surface area contributed by atoms with E-state index in [-0.39, 0.29) is 16.4 Å². The van der Waals surface area contributed by atoms with Gasteiger partial charge in [0.1, 0.15) is 5.75 Å². The van der Waals surface area contributed by atoms with E-state index in [2.05, 4.69) is 0 Å². The van der Waals surface area contributed by atoms with Crippen LogP contribution in [0.5, 0.6) is 5.75 Å². The smallest absolute Gasteiger partial charge is 0.261 e. The van der Waals surface area contributed by atoms with Gasteiger partial charge in [0.25, 0.3) is 9.05 Å². The molecule has 0 radical (unpaired) electrons. The van der Waals surface area contributed by atoms with E-state index < -0.39 is 9.05 Å². The standard InChI is InChI=1S/C15H21ClO3S/c1-15(2,3)13-10-12(20(16,17)18)8-9-14(13)19-11-6-4-5-7-11/h8-11H,4-7H2,1-3H3. The van der Waals surface area contributed by atoms with Gasteiger partial charge < -0.3 is 4.74 Å². The average molecular weight is 317 g/mol. The van der Waals surface area contributed by atoms with E-state index >= 15 is 0 Å². The van der Waals surface area contributed by atoms with Gasteiger partial charge in [0, 0.05) is 16.2 Å². The zero-order valence-corrected chi connectivity index (χ0v) is 13.7. The molecule has 112 valence electrons. The summed E-state index contributed by atoms with van der Waals surface area (Å²) in [6.07, 6.45) is 4.78. The second-order valence-corrected chi connectivity index (χ2v) is 8.94. The quantitative estimate of drug-likeness (QED) is 0.784. The van der Waals surface area contributed by atoms with E-state index in [1.807, 2.05) is 20.8 Å². The summed E-state index contributed by atoms with van der Waals surface area (Å²) < 4.78 is 29.0. The highest BCUT2D eigenvalue weighted by Crippen LogP contribution is 2.36. The molecule has 0 heterocycles. The van der Waals surface area contributed by atoms with Crippen molar-refractivity contribution in [3.05, 3.63) is 23.8 Å². The monoisotopic (exact) mass is 316 g/mol. The lowest BCUT2D eigenvalue weighted by Gasteiger charge is -2.25. The van der Waals surface area contributed by atoms with Crippen LogP contribution in [0.25, 0.3) is 0 Å². The predicted octanol–water partition coefficient (Wildman–Crippen LogP) is 4.23. The van der Waals surface area contributed by atoms with Crippen LogP contribution in [0.4, 0.5) is 0 Å². The van der Waals surface area contributed by atoms with Gasteiger partial charge in [-0.15, -0.1) is 0 Å². The first-order chi connectivity index (χ1) is 9.18. The molecule has 0 spiro atoms. The van der Waals surface area contributed by atoms with Crippen molar-refractivity contribution in [2.75, 3.05) is 0 Å². The van der Waals surface area contributed by atoms with Crippen molar-refractivity contribution < 1.29 is 13.2 Å². The molecule has 2 rings (SSSR count). The van der Waals surface area contributed by atoms with Gasteiger partial charge in [-0.2, -0.15) is 0 Å². The summed E-state index contributed by atoms with van der Waals surface area (Å²) in [4.78, 5) is 0.128. The molecule has 1 fully saturated rings. The molecule has 0 saturated heterocycles. The number of ether oxygens (including phenoxy) is 1. The maximum atomic E-state index is 11.5. The molecule has 1 aliphatic carbocycles. The lowest BCUT2D eigenvalue weighted by atomic mass is 9.86. The fraction of sp³-hybridized carbons (Fsp3) is 0.600. The van der Waals surface area contributed by atoms with Crippen LogP contribution in [0, 0.1) is 0 Å². The van der Waals surface area contributed by atoms with Crippen LogP contribution in [0.1, 0.15) is 52.0 Å². The third kappa shape index (κ3) is 3.67. The summed E-state index contributed by atoms with van der Waals surface area (Å²) in [5, 5.41) is 0. The first-order valence-corrected chi connectivity index (χ1v) is 9.25. The van der Waals surface area contributed by atoms with Gasteiger partial charge in [0.15, 0.2) is 0 Å². The van der Waals surface area contributed by atoms with Crippen LogP contribution in [-0.2, 0) is 14.5 Å². The van der Waals surface area contributed by atoms with Crippen molar-refractivity contribution in [2.24, 2.45) is 0 Å². The topological polar surface area (TPSA) is 43.4 Å². The third-order valence-electron chi connectivity index (χ3n) is 3.64. The Kier molecular flexibility index (Phi) is 4.35. The van der Waals surface area contributed by atoms with Crippen molar-refractivity contribution in [1.82, 2.24) is 0 Å². The van der Waals surface area contributed by atoms with Crippen molar-refractivity contribution in [1.29, 1.82) is 0 Å². The Morgan fingerprint density at radius 1 is 1.20 bits per heavy atom. The summed E-state index contributed by atoms with van der Waals surface area (Å²) >= 11 is 0. The molecule has 0 aliphatic heterocycles. The number of benzene rings is 1. The second-order valence-electron chi connectivity index (χ2n) is 6.37. The molecule has 0 unspecified atom stereocenters. The van der Waals surface area contributed by atoms with E-state index in [1.165, 1.54) is 18.9 Å². The third-order valence-corrected chi connectivity index (χ3v) is 4.99. The van der Waals surface area contributed by atoms with Crippen LogP contribution in [0.15, 0.2) is 23.1 Å². The molecule has 1 saturated carbocycles. The molecular formula is C15H21ClO3S. The first kappa shape index (κ1) is 15.6. The Bertz CT molecular complexity index is 582. The first-order valence-electron chi connectivity index (χ1n) is 6.94. The van der Waals surface area contributed by atoms with Gasteiger partial charge in [0.05, 0.1) is 11.0 Å². The van der Waals surface area contributed by atoms with E-state index in [4.69, 9.17) is 15.4 Å². The van der Waals surface area contributed by atoms with Gasteiger partial charge in [-0.25, -0.2) is 8.42 Å².